The third kappa shape index (κ3) is 2.36. The minimum absolute atomic E-state index is 0.390. The van der Waals surface area contributed by atoms with Crippen LogP contribution in [0.3, 0.4) is 0 Å². The van der Waals surface area contributed by atoms with Gasteiger partial charge in [-0.2, -0.15) is 0 Å². The zero-order valence-corrected chi connectivity index (χ0v) is 14.2. The molecule has 0 spiro atoms. The molecule has 22 heavy (non-hydrogen) atoms. The van der Waals surface area contributed by atoms with Crippen molar-refractivity contribution in [3.63, 3.8) is 0 Å². The number of nitrogens with zero attached hydrogens (tertiary/aromatic N) is 1. The Bertz CT molecular complexity index is 803. The van der Waals surface area contributed by atoms with E-state index in [-0.39, 0.29) is 5.91 Å². The standard InChI is InChI=1S/C16H14BrNO3S/c1-11-15(19)18(14-5-3-2-4-6-14)16(22(11,20)21)12-7-9-13(17)10-8-12/h2-11,16H,1H3/t11-,16-/m0/s1. The van der Waals surface area contributed by atoms with Gasteiger partial charge in [0.2, 0.25) is 5.91 Å². The Morgan fingerprint density at radius 1 is 1.00 bits per heavy atom. The van der Waals surface area contributed by atoms with Gasteiger partial charge in [0, 0.05) is 10.2 Å². The molecule has 2 atom stereocenters. The quantitative estimate of drug-likeness (QED) is 0.804. The maximum atomic E-state index is 12.7. The fraction of sp³-hybridized carbons (Fsp3) is 0.188. The van der Waals surface area contributed by atoms with Crippen LogP contribution in [0.4, 0.5) is 5.69 Å². The predicted octanol–water partition coefficient (Wildman–Crippen LogP) is 3.30. The predicted molar refractivity (Wildman–Crippen MR) is 89.2 cm³/mol. The molecule has 6 heteroatoms. The van der Waals surface area contributed by atoms with Gasteiger partial charge in [0.05, 0.1) is 0 Å². The third-order valence-corrected chi connectivity index (χ3v) is 6.63. The molecule has 114 valence electrons. The molecule has 0 bridgehead atoms. The number of para-hydroxylation sites is 1. The number of rotatable bonds is 2. The number of amides is 1. The second-order valence-corrected chi connectivity index (χ2v) is 8.43. The molecule has 0 saturated carbocycles. The van der Waals surface area contributed by atoms with E-state index in [9.17, 15) is 13.2 Å². The van der Waals surface area contributed by atoms with Gasteiger partial charge in [-0.3, -0.25) is 9.69 Å². The number of carbonyl (C=O) groups is 1. The molecule has 2 aromatic carbocycles. The van der Waals surface area contributed by atoms with Crippen molar-refractivity contribution in [3.05, 3.63) is 64.6 Å². The van der Waals surface area contributed by atoms with E-state index in [1.165, 1.54) is 11.8 Å². The molecule has 1 aliphatic heterocycles. The van der Waals surface area contributed by atoms with E-state index < -0.39 is 20.5 Å². The van der Waals surface area contributed by atoms with Crippen molar-refractivity contribution in [1.82, 2.24) is 0 Å². The lowest BCUT2D eigenvalue weighted by Gasteiger charge is -2.23. The molecule has 0 aromatic heterocycles. The van der Waals surface area contributed by atoms with E-state index in [1.807, 2.05) is 6.07 Å². The first kappa shape index (κ1) is 15.2. The van der Waals surface area contributed by atoms with Crippen molar-refractivity contribution in [2.24, 2.45) is 0 Å². The van der Waals surface area contributed by atoms with Gasteiger partial charge in [-0.15, -0.1) is 0 Å². The minimum atomic E-state index is -3.62. The molecule has 0 unspecified atom stereocenters. The summed E-state index contributed by atoms with van der Waals surface area (Å²) in [6.45, 7) is 1.45. The van der Waals surface area contributed by atoms with Crippen LogP contribution in [0.15, 0.2) is 59.1 Å². The highest BCUT2D eigenvalue weighted by atomic mass is 79.9. The van der Waals surface area contributed by atoms with Gasteiger partial charge in [-0.25, -0.2) is 8.42 Å². The van der Waals surface area contributed by atoms with Gasteiger partial charge in [0.15, 0.2) is 15.2 Å². The molecule has 1 fully saturated rings. The third-order valence-electron chi connectivity index (χ3n) is 3.81. The number of hydrogen-bond donors (Lipinski definition) is 0. The summed E-state index contributed by atoms with van der Waals surface area (Å²) in [6, 6.07) is 15.9. The van der Waals surface area contributed by atoms with Crippen molar-refractivity contribution in [2.45, 2.75) is 17.5 Å². The molecular formula is C16H14BrNO3S. The first-order valence-corrected chi connectivity index (χ1v) is 9.19. The molecule has 2 aromatic rings. The summed E-state index contributed by atoms with van der Waals surface area (Å²) < 4.78 is 26.3. The highest BCUT2D eigenvalue weighted by Crippen LogP contribution is 2.40. The normalized spacial score (nSPS) is 23.7. The average molecular weight is 380 g/mol. The van der Waals surface area contributed by atoms with Gasteiger partial charge < -0.3 is 0 Å². The molecule has 1 heterocycles. The largest absolute Gasteiger partial charge is 0.289 e. The highest BCUT2D eigenvalue weighted by molar-refractivity contribution is 9.10. The Kier molecular flexibility index (Phi) is 3.82. The lowest BCUT2D eigenvalue weighted by Crippen LogP contribution is -2.30. The summed E-state index contributed by atoms with van der Waals surface area (Å²) in [4.78, 5) is 13.9. The number of sulfone groups is 1. The fourth-order valence-electron chi connectivity index (χ4n) is 2.61. The van der Waals surface area contributed by atoms with Crippen LogP contribution in [0.2, 0.25) is 0 Å². The van der Waals surface area contributed by atoms with Crippen LogP contribution in [-0.2, 0) is 14.6 Å². The number of carbonyl (C=O) groups excluding carboxylic acids is 1. The van der Waals surface area contributed by atoms with Gasteiger partial charge in [-0.05, 0) is 36.8 Å². The van der Waals surface area contributed by atoms with Crippen LogP contribution in [0.5, 0.6) is 0 Å². The average Bonchev–Trinajstić information content (AvgIpc) is 2.69. The van der Waals surface area contributed by atoms with E-state index in [0.29, 0.717) is 11.3 Å². The van der Waals surface area contributed by atoms with E-state index in [4.69, 9.17) is 0 Å². The first-order chi connectivity index (χ1) is 10.4. The fourth-order valence-corrected chi connectivity index (χ4v) is 4.71. The van der Waals surface area contributed by atoms with Gasteiger partial charge in [0.1, 0.15) is 5.25 Å². The number of halogens is 1. The maximum Gasteiger partial charge on any atom is 0.246 e. The van der Waals surface area contributed by atoms with Crippen molar-refractivity contribution in [2.75, 3.05) is 4.90 Å². The van der Waals surface area contributed by atoms with E-state index >= 15 is 0 Å². The van der Waals surface area contributed by atoms with Crippen molar-refractivity contribution in [1.29, 1.82) is 0 Å². The molecule has 4 nitrogen and oxygen atoms in total. The number of anilines is 1. The second-order valence-electron chi connectivity index (χ2n) is 5.18. The highest BCUT2D eigenvalue weighted by Gasteiger charge is 2.51. The zero-order valence-electron chi connectivity index (χ0n) is 11.8. The monoisotopic (exact) mass is 379 g/mol. The van der Waals surface area contributed by atoms with Crippen molar-refractivity contribution in [3.8, 4) is 0 Å². The number of benzene rings is 2. The SMILES string of the molecule is C[C@H]1C(=O)N(c2ccccc2)[C@H](c2ccc(Br)cc2)S1(=O)=O. The summed E-state index contributed by atoms with van der Waals surface area (Å²) in [5.74, 6) is -0.390. The lowest BCUT2D eigenvalue weighted by molar-refractivity contribution is -0.117. The zero-order chi connectivity index (χ0) is 15.9. The van der Waals surface area contributed by atoms with Gasteiger partial charge >= 0.3 is 0 Å². The molecule has 1 aliphatic rings. The topological polar surface area (TPSA) is 54.5 Å². The second kappa shape index (κ2) is 5.52. The Balaban J connectivity index is 2.18. The molecule has 1 amide bonds. The minimum Gasteiger partial charge on any atom is -0.289 e. The first-order valence-electron chi connectivity index (χ1n) is 6.79. The number of hydrogen-bond acceptors (Lipinski definition) is 3. The summed E-state index contributed by atoms with van der Waals surface area (Å²) in [6.07, 6.45) is 0. The Morgan fingerprint density at radius 2 is 1.59 bits per heavy atom. The van der Waals surface area contributed by atoms with Crippen molar-refractivity contribution >= 4 is 37.4 Å². The van der Waals surface area contributed by atoms with Crippen LogP contribution in [0, 0.1) is 0 Å². The summed E-state index contributed by atoms with van der Waals surface area (Å²) >= 11 is 3.34. The summed E-state index contributed by atoms with van der Waals surface area (Å²) in [5.41, 5.74) is 1.18. The van der Waals surface area contributed by atoms with Crippen LogP contribution < -0.4 is 4.90 Å². The maximum absolute atomic E-state index is 12.7. The molecule has 0 radical (unpaired) electrons. The van der Waals surface area contributed by atoms with Crippen LogP contribution >= 0.6 is 15.9 Å². The van der Waals surface area contributed by atoms with E-state index in [1.54, 1.807) is 48.5 Å². The Labute approximate surface area is 137 Å². The van der Waals surface area contributed by atoms with Crippen LogP contribution in [0.25, 0.3) is 0 Å². The summed E-state index contributed by atoms with van der Waals surface area (Å²) in [7, 11) is -3.62. The Morgan fingerprint density at radius 3 is 2.18 bits per heavy atom. The molecule has 3 rings (SSSR count). The molecule has 0 N–H and O–H groups in total. The lowest BCUT2D eigenvalue weighted by atomic mass is 10.2. The summed E-state index contributed by atoms with van der Waals surface area (Å²) in [5, 5.41) is -2.02. The smallest absolute Gasteiger partial charge is 0.246 e. The van der Waals surface area contributed by atoms with Gasteiger partial charge in [-0.1, -0.05) is 46.3 Å². The van der Waals surface area contributed by atoms with Crippen LogP contribution in [0.1, 0.15) is 17.9 Å². The van der Waals surface area contributed by atoms with E-state index in [2.05, 4.69) is 15.9 Å². The molecule has 1 saturated heterocycles. The van der Waals surface area contributed by atoms with E-state index in [0.717, 1.165) is 4.47 Å². The van der Waals surface area contributed by atoms with Gasteiger partial charge in [0.25, 0.3) is 0 Å². The molecule has 0 aliphatic carbocycles. The van der Waals surface area contributed by atoms with Crippen molar-refractivity contribution < 1.29 is 13.2 Å². The molecular weight excluding hydrogens is 366 g/mol. The Hall–Kier alpha value is -1.66. The van der Waals surface area contributed by atoms with Crippen LogP contribution in [-0.4, -0.2) is 19.6 Å².